The van der Waals surface area contributed by atoms with Gasteiger partial charge in [0.1, 0.15) is 13.1 Å². The first-order valence-electron chi connectivity index (χ1n) is 1.25. The molecule has 0 saturated carbocycles. The molecule has 3 nitrogen and oxygen atoms in total. The van der Waals surface area contributed by atoms with Crippen molar-refractivity contribution in [3.8, 4) is 0 Å². The van der Waals surface area contributed by atoms with Gasteiger partial charge in [-0.2, -0.15) is 0 Å². The molecule has 0 radical (unpaired) electrons. The molecule has 0 unspecified atom stereocenters. The van der Waals surface area contributed by atoms with Crippen molar-refractivity contribution in [3.63, 3.8) is 0 Å². The predicted molar refractivity (Wildman–Crippen MR) is 20.3 cm³/mol. The fraction of sp³-hybridized carbons (Fsp3) is 0.333. The first-order chi connectivity index (χ1) is 2.91. The van der Waals surface area contributed by atoms with Crippen LogP contribution in [0.15, 0.2) is 0 Å². The van der Waals surface area contributed by atoms with Gasteiger partial charge in [0, 0.05) is 0 Å². The molecular formula is C3H6O3. The van der Waals surface area contributed by atoms with E-state index in [0.717, 1.165) is 0 Å². The van der Waals surface area contributed by atoms with Crippen molar-refractivity contribution in [2.75, 3.05) is 6.61 Å². The first-order valence-corrected chi connectivity index (χ1v) is 1.25. The van der Waals surface area contributed by atoms with Gasteiger partial charge < -0.3 is 14.7 Å². The summed E-state index contributed by atoms with van der Waals surface area (Å²) in [5.41, 5.74) is 0. The average Bonchev–Trinajstić information content (AvgIpc) is 1.72. The molecule has 0 aliphatic rings. The predicted octanol–water partition coefficient (Wildman–Crippen LogP) is -1.01. The molecule has 0 saturated heterocycles. The summed E-state index contributed by atoms with van der Waals surface area (Å²) in [5.74, 6) is 0. The normalized spacial score (nSPS) is 4.83. The second kappa shape index (κ2) is 27.7. The molecule has 0 aromatic heterocycles. The Morgan fingerprint density at radius 1 is 1.67 bits per heavy atom. The lowest BCUT2D eigenvalue weighted by atomic mass is 10.9. The van der Waals surface area contributed by atoms with Gasteiger partial charge in [-0.3, -0.25) is 0 Å². The molecule has 0 fully saturated rings. The van der Waals surface area contributed by atoms with Crippen LogP contribution in [0.1, 0.15) is 0 Å². The smallest absolute Gasteiger partial charge is 0.145 e. The Balaban J connectivity index is 0. The Kier molecular flexibility index (Phi) is 41.6. The number of rotatable bonds is 1. The first kappa shape index (κ1) is 9.00. The fourth-order valence-electron chi connectivity index (χ4n) is 0. The molecule has 36 valence electrons. The van der Waals surface area contributed by atoms with Gasteiger partial charge in [0.25, 0.3) is 0 Å². The highest BCUT2D eigenvalue weighted by Gasteiger charge is 1.53. The highest BCUT2D eigenvalue weighted by atomic mass is 16.3. The quantitative estimate of drug-likeness (QED) is 0.420. The summed E-state index contributed by atoms with van der Waals surface area (Å²) >= 11 is 0. The Hall–Kier alpha value is -0.700. The third kappa shape index (κ3) is 194. The minimum atomic E-state index is -0.361. The van der Waals surface area contributed by atoms with E-state index in [-0.39, 0.29) is 6.61 Å². The van der Waals surface area contributed by atoms with Crippen molar-refractivity contribution in [1.82, 2.24) is 0 Å². The van der Waals surface area contributed by atoms with Crippen LogP contribution < -0.4 is 0 Å². The molecule has 3 heteroatoms. The topological polar surface area (TPSA) is 54.4 Å². The molecule has 0 rings (SSSR count). The number of aliphatic hydroxyl groups is 1. The minimum absolute atomic E-state index is 0.361. The van der Waals surface area contributed by atoms with Crippen LogP contribution in [0.5, 0.6) is 0 Å². The Morgan fingerprint density at radius 3 is 1.83 bits per heavy atom. The summed E-state index contributed by atoms with van der Waals surface area (Å²) in [4.78, 5) is 16.9. The molecule has 0 aromatic rings. The molecule has 0 bridgehead atoms. The van der Waals surface area contributed by atoms with Gasteiger partial charge in [-0.25, -0.2) is 0 Å². The number of carbonyl (C=O) groups is 2. The third-order valence-corrected chi connectivity index (χ3v) is 0.0745. The maximum atomic E-state index is 8.92. The standard InChI is InChI=1S/C2H4O2.CH2O/c3-1-2-4;1-2/h1,4H,2H2;1H2. The lowest BCUT2D eigenvalue weighted by Crippen LogP contribution is -1.75. The van der Waals surface area contributed by atoms with Crippen molar-refractivity contribution in [3.05, 3.63) is 0 Å². The van der Waals surface area contributed by atoms with Gasteiger partial charge in [0.2, 0.25) is 0 Å². The van der Waals surface area contributed by atoms with Crippen LogP contribution in [-0.2, 0) is 9.59 Å². The maximum absolute atomic E-state index is 8.92. The molecule has 0 spiro atoms. The zero-order chi connectivity index (χ0) is 5.41. The summed E-state index contributed by atoms with van der Waals surface area (Å²) < 4.78 is 0. The molecule has 0 aromatic carbocycles. The number of hydrogen-bond donors (Lipinski definition) is 1. The number of carbonyl (C=O) groups excluding carboxylic acids is 2. The molecule has 0 heterocycles. The Morgan fingerprint density at radius 2 is 1.83 bits per heavy atom. The van der Waals surface area contributed by atoms with Crippen molar-refractivity contribution < 1.29 is 14.7 Å². The Bertz CT molecular complexity index is 27.2. The largest absolute Gasteiger partial charge is 0.389 e. The van der Waals surface area contributed by atoms with E-state index in [2.05, 4.69) is 0 Å². The lowest BCUT2D eigenvalue weighted by Gasteiger charge is -1.54. The molecule has 0 aliphatic carbocycles. The van der Waals surface area contributed by atoms with E-state index in [0.29, 0.717) is 6.29 Å². The highest BCUT2D eigenvalue weighted by Crippen LogP contribution is 1.27. The summed E-state index contributed by atoms with van der Waals surface area (Å²) in [7, 11) is 0. The molecule has 0 atom stereocenters. The molecular weight excluding hydrogens is 84.0 g/mol. The minimum Gasteiger partial charge on any atom is -0.389 e. The van der Waals surface area contributed by atoms with Crippen molar-refractivity contribution in [2.24, 2.45) is 0 Å². The summed E-state index contributed by atoms with van der Waals surface area (Å²) in [5, 5.41) is 7.51. The fourth-order valence-corrected chi connectivity index (χ4v) is 0. The number of hydrogen-bond acceptors (Lipinski definition) is 3. The lowest BCUT2D eigenvalue weighted by molar-refractivity contribution is -0.110. The van der Waals surface area contributed by atoms with Crippen LogP contribution >= 0.6 is 0 Å². The number of aliphatic hydroxyl groups excluding tert-OH is 1. The molecule has 6 heavy (non-hydrogen) atoms. The van der Waals surface area contributed by atoms with Gasteiger partial charge >= 0.3 is 0 Å². The summed E-state index contributed by atoms with van der Waals surface area (Å²) in [6.45, 7) is 1.64. The van der Waals surface area contributed by atoms with Gasteiger partial charge in [-0.15, -0.1) is 0 Å². The second-order valence-electron chi connectivity index (χ2n) is 0.349. The van der Waals surface area contributed by atoms with Crippen molar-refractivity contribution >= 4 is 13.1 Å². The highest BCUT2D eigenvalue weighted by molar-refractivity contribution is 5.49. The molecule has 1 N–H and O–H groups in total. The van der Waals surface area contributed by atoms with Crippen LogP contribution in [0.25, 0.3) is 0 Å². The van der Waals surface area contributed by atoms with Crippen LogP contribution in [0.2, 0.25) is 0 Å². The van der Waals surface area contributed by atoms with E-state index in [1.807, 2.05) is 6.79 Å². The zero-order valence-electron chi connectivity index (χ0n) is 3.26. The summed E-state index contributed by atoms with van der Waals surface area (Å²) in [6.07, 6.45) is 0.431. The van der Waals surface area contributed by atoms with Crippen molar-refractivity contribution in [2.45, 2.75) is 0 Å². The van der Waals surface area contributed by atoms with E-state index in [1.165, 1.54) is 0 Å². The second-order valence-corrected chi connectivity index (χ2v) is 0.349. The third-order valence-electron chi connectivity index (χ3n) is 0.0745. The van der Waals surface area contributed by atoms with E-state index < -0.39 is 0 Å². The van der Waals surface area contributed by atoms with Gasteiger partial charge in [0.05, 0.1) is 6.61 Å². The SMILES string of the molecule is C=O.O=CCO. The van der Waals surface area contributed by atoms with Crippen LogP contribution in [0.4, 0.5) is 0 Å². The number of aldehydes is 1. The summed E-state index contributed by atoms with van der Waals surface area (Å²) in [6, 6.07) is 0. The maximum Gasteiger partial charge on any atom is 0.145 e. The van der Waals surface area contributed by atoms with Crippen molar-refractivity contribution in [1.29, 1.82) is 0 Å². The van der Waals surface area contributed by atoms with E-state index >= 15 is 0 Å². The van der Waals surface area contributed by atoms with Gasteiger partial charge in [0.15, 0.2) is 0 Å². The van der Waals surface area contributed by atoms with Gasteiger partial charge in [-0.05, 0) is 0 Å². The van der Waals surface area contributed by atoms with E-state index in [4.69, 9.17) is 14.7 Å². The Labute approximate surface area is 35.6 Å². The van der Waals surface area contributed by atoms with Crippen LogP contribution in [0, 0.1) is 0 Å². The molecule has 0 amide bonds. The van der Waals surface area contributed by atoms with E-state index in [9.17, 15) is 0 Å². The average molecular weight is 90.1 g/mol. The molecule has 0 aliphatic heterocycles. The monoisotopic (exact) mass is 90.0 g/mol. The van der Waals surface area contributed by atoms with Gasteiger partial charge in [-0.1, -0.05) is 0 Å². The van der Waals surface area contributed by atoms with Crippen LogP contribution in [0.3, 0.4) is 0 Å². The van der Waals surface area contributed by atoms with E-state index in [1.54, 1.807) is 0 Å². The zero-order valence-corrected chi connectivity index (χ0v) is 3.26. The van der Waals surface area contributed by atoms with Crippen LogP contribution in [-0.4, -0.2) is 24.8 Å².